The standard InChI is InChI=1S/C8H7BF3O2/c1-14-8-4-7(9(10,11)12)3-2-6(8)5-13/h2-5H,1H3/q-1. The molecule has 0 N–H and O–H groups in total. The number of rotatable bonds is 3. The lowest BCUT2D eigenvalue weighted by Crippen LogP contribution is -2.33. The van der Waals surface area contributed by atoms with E-state index < -0.39 is 12.4 Å². The van der Waals surface area contributed by atoms with Crippen LogP contribution in [0.25, 0.3) is 0 Å². The average Bonchev–Trinajstić information content (AvgIpc) is 2.15. The molecule has 0 bridgehead atoms. The molecule has 0 unspecified atom stereocenters. The summed E-state index contributed by atoms with van der Waals surface area (Å²) in [7, 11) is 1.22. The van der Waals surface area contributed by atoms with Gasteiger partial charge in [0.1, 0.15) is 5.75 Å². The highest BCUT2D eigenvalue weighted by Gasteiger charge is 2.26. The molecule has 0 aliphatic heterocycles. The topological polar surface area (TPSA) is 26.3 Å². The van der Waals surface area contributed by atoms with E-state index in [9.17, 15) is 17.7 Å². The molecule has 14 heavy (non-hydrogen) atoms. The van der Waals surface area contributed by atoms with E-state index in [0.29, 0.717) is 6.29 Å². The number of aldehydes is 1. The Balaban J connectivity index is 3.21. The second kappa shape index (κ2) is 3.73. The molecule has 0 spiro atoms. The molecule has 6 heteroatoms. The smallest absolute Gasteiger partial charge is 0.496 e. The van der Waals surface area contributed by atoms with Gasteiger partial charge in [0.25, 0.3) is 0 Å². The van der Waals surface area contributed by atoms with Gasteiger partial charge in [-0.25, -0.2) is 0 Å². The monoisotopic (exact) mass is 203 g/mol. The lowest BCUT2D eigenvalue weighted by molar-refractivity contribution is 0.112. The van der Waals surface area contributed by atoms with Crippen LogP contribution in [0.5, 0.6) is 5.75 Å². The van der Waals surface area contributed by atoms with E-state index in [2.05, 4.69) is 4.74 Å². The third-order valence-corrected chi connectivity index (χ3v) is 1.76. The highest BCUT2D eigenvalue weighted by molar-refractivity contribution is 6.73. The normalized spacial score (nSPS) is 11.1. The molecule has 1 aromatic rings. The van der Waals surface area contributed by atoms with Crippen LogP contribution < -0.4 is 10.2 Å². The van der Waals surface area contributed by atoms with Gasteiger partial charge < -0.3 is 17.7 Å². The van der Waals surface area contributed by atoms with Gasteiger partial charge in [-0.3, -0.25) is 4.79 Å². The zero-order valence-electron chi connectivity index (χ0n) is 7.34. The Labute approximate surface area is 78.7 Å². The maximum atomic E-state index is 12.3. The summed E-state index contributed by atoms with van der Waals surface area (Å²) in [4.78, 5) is 10.4. The van der Waals surface area contributed by atoms with Crippen LogP contribution >= 0.6 is 0 Å². The Kier molecular flexibility index (Phi) is 2.83. The summed E-state index contributed by atoms with van der Waals surface area (Å²) >= 11 is 0. The second-order valence-electron chi connectivity index (χ2n) is 2.69. The molecule has 0 atom stereocenters. The van der Waals surface area contributed by atoms with E-state index in [1.54, 1.807) is 0 Å². The van der Waals surface area contributed by atoms with Crippen molar-refractivity contribution in [3.63, 3.8) is 0 Å². The van der Waals surface area contributed by atoms with Crippen LogP contribution in [0.15, 0.2) is 18.2 Å². The van der Waals surface area contributed by atoms with Crippen molar-refractivity contribution in [2.75, 3.05) is 7.11 Å². The average molecular weight is 203 g/mol. The Hall–Kier alpha value is -1.46. The summed E-state index contributed by atoms with van der Waals surface area (Å²) in [5.74, 6) is -0.0586. The predicted molar refractivity (Wildman–Crippen MR) is 47.1 cm³/mol. The van der Waals surface area contributed by atoms with Crippen molar-refractivity contribution in [1.82, 2.24) is 0 Å². The van der Waals surface area contributed by atoms with Gasteiger partial charge in [0.05, 0.1) is 12.7 Å². The molecule has 0 aliphatic carbocycles. The van der Waals surface area contributed by atoms with Crippen LogP contribution in [0, 0.1) is 0 Å². The highest BCUT2D eigenvalue weighted by atomic mass is 19.4. The minimum absolute atomic E-state index is 0.0586. The SMILES string of the molecule is COc1cc([B-](F)(F)F)ccc1C=O. The molecule has 1 rings (SSSR count). The molecular formula is C8H7BF3O2-. The molecule has 76 valence electrons. The molecule has 2 nitrogen and oxygen atoms in total. The Morgan fingerprint density at radius 3 is 2.43 bits per heavy atom. The van der Waals surface area contributed by atoms with Gasteiger partial charge in [0, 0.05) is 0 Å². The van der Waals surface area contributed by atoms with E-state index >= 15 is 0 Å². The number of benzene rings is 1. The van der Waals surface area contributed by atoms with Crippen molar-refractivity contribution in [3.8, 4) is 5.75 Å². The number of ether oxygens (including phenoxy) is 1. The van der Waals surface area contributed by atoms with Crippen LogP contribution in [0.3, 0.4) is 0 Å². The summed E-state index contributed by atoms with van der Waals surface area (Å²) < 4.78 is 41.4. The van der Waals surface area contributed by atoms with E-state index in [-0.39, 0.29) is 11.3 Å². The number of hydrogen-bond donors (Lipinski definition) is 0. The summed E-state index contributed by atoms with van der Waals surface area (Å²) in [6.45, 7) is -5.05. The zero-order valence-corrected chi connectivity index (χ0v) is 7.34. The van der Waals surface area contributed by atoms with Crippen molar-refractivity contribution >= 4 is 18.7 Å². The molecule has 1 aromatic carbocycles. The number of carbonyl (C=O) groups is 1. The van der Waals surface area contributed by atoms with Gasteiger partial charge in [0.15, 0.2) is 6.29 Å². The highest BCUT2D eigenvalue weighted by Crippen LogP contribution is 2.17. The van der Waals surface area contributed by atoms with E-state index in [1.807, 2.05) is 0 Å². The third kappa shape index (κ3) is 2.07. The van der Waals surface area contributed by atoms with Crippen molar-refractivity contribution in [1.29, 1.82) is 0 Å². The van der Waals surface area contributed by atoms with Gasteiger partial charge in [-0.2, -0.15) is 0 Å². The molecule has 0 saturated carbocycles. The summed E-state index contributed by atoms with van der Waals surface area (Å²) in [6.07, 6.45) is 0.450. The first-order valence-electron chi connectivity index (χ1n) is 3.82. The maximum Gasteiger partial charge on any atom is 0.509 e. The number of carbonyl (C=O) groups excluding carboxylic acids is 1. The van der Waals surface area contributed by atoms with E-state index in [1.165, 1.54) is 7.11 Å². The quantitative estimate of drug-likeness (QED) is 0.550. The largest absolute Gasteiger partial charge is 0.509 e. The van der Waals surface area contributed by atoms with Crippen LogP contribution in [0.1, 0.15) is 10.4 Å². The second-order valence-corrected chi connectivity index (χ2v) is 2.69. The lowest BCUT2D eigenvalue weighted by Gasteiger charge is -2.16. The van der Waals surface area contributed by atoms with Crippen LogP contribution in [0.2, 0.25) is 0 Å². The third-order valence-electron chi connectivity index (χ3n) is 1.76. The first-order valence-corrected chi connectivity index (χ1v) is 3.82. The fraction of sp³-hybridized carbons (Fsp3) is 0.125. The first kappa shape index (κ1) is 10.6. The maximum absolute atomic E-state index is 12.3. The molecule has 0 heterocycles. The van der Waals surface area contributed by atoms with Crippen molar-refractivity contribution in [3.05, 3.63) is 23.8 Å². The molecule has 0 saturated heterocycles. The zero-order chi connectivity index (χ0) is 10.8. The van der Waals surface area contributed by atoms with Gasteiger partial charge in [-0.15, -0.1) is 5.46 Å². The van der Waals surface area contributed by atoms with Crippen molar-refractivity contribution in [2.24, 2.45) is 0 Å². The number of halogens is 3. The summed E-state index contributed by atoms with van der Waals surface area (Å²) in [5, 5.41) is 0. The van der Waals surface area contributed by atoms with E-state index in [0.717, 1.165) is 18.2 Å². The molecule has 0 aromatic heterocycles. The number of methoxy groups -OCH3 is 1. The van der Waals surface area contributed by atoms with Gasteiger partial charge in [-0.1, -0.05) is 12.1 Å². The molecule has 0 aliphatic rings. The fourth-order valence-electron chi connectivity index (χ4n) is 1.03. The van der Waals surface area contributed by atoms with Gasteiger partial charge in [-0.05, 0) is 6.07 Å². The Morgan fingerprint density at radius 1 is 1.36 bits per heavy atom. The van der Waals surface area contributed by atoms with Crippen LogP contribution in [-0.4, -0.2) is 20.4 Å². The molecule has 0 fully saturated rings. The number of hydrogen-bond acceptors (Lipinski definition) is 2. The van der Waals surface area contributed by atoms with Crippen molar-refractivity contribution in [2.45, 2.75) is 0 Å². The lowest BCUT2D eigenvalue weighted by atomic mass is 9.80. The molecule has 0 amide bonds. The fourth-order valence-corrected chi connectivity index (χ4v) is 1.03. The molecular weight excluding hydrogens is 196 g/mol. The Morgan fingerprint density at radius 2 is 2.00 bits per heavy atom. The summed E-state index contributed by atoms with van der Waals surface area (Å²) in [5.41, 5.74) is -0.663. The van der Waals surface area contributed by atoms with Crippen LogP contribution in [-0.2, 0) is 0 Å². The van der Waals surface area contributed by atoms with Gasteiger partial charge >= 0.3 is 6.98 Å². The minimum Gasteiger partial charge on any atom is -0.496 e. The first-order chi connectivity index (χ1) is 6.49. The van der Waals surface area contributed by atoms with Crippen LogP contribution in [0.4, 0.5) is 12.9 Å². The van der Waals surface area contributed by atoms with Gasteiger partial charge in [0.2, 0.25) is 0 Å². The predicted octanol–water partition coefficient (Wildman–Crippen LogP) is 1.56. The van der Waals surface area contributed by atoms with E-state index in [4.69, 9.17) is 0 Å². The summed E-state index contributed by atoms with van der Waals surface area (Å²) in [6, 6.07) is 2.78. The minimum atomic E-state index is -5.05. The molecule has 0 radical (unpaired) electrons. The van der Waals surface area contributed by atoms with Crippen molar-refractivity contribution < 1.29 is 22.5 Å². The Bertz CT molecular complexity index is 349.